The van der Waals surface area contributed by atoms with Crippen LogP contribution in [0.2, 0.25) is 0 Å². The summed E-state index contributed by atoms with van der Waals surface area (Å²) in [4.78, 5) is 12.5. The third-order valence-electron chi connectivity index (χ3n) is 3.66. The Morgan fingerprint density at radius 1 is 1.09 bits per heavy atom. The summed E-state index contributed by atoms with van der Waals surface area (Å²) in [5.41, 5.74) is 4.10. The Kier molecular flexibility index (Phi) is 5.21. The van der Waals surface area contributed by atoms with Crippen molar-refractivity contribution in [1.82, 2.24) is 0 Å². The van der Waals surface area contributed by atoms with Crippen LogP contribution in [0.1, 0.15) is 30.0 Å². The number of benzene rings is 2. The first-order valence-electron chi connectivity index (χ1n) is 7.61. The molecule has 1 atom stereocenters. The maximum absolute atomic E-state index is 12.5. The second-order valence-electron chi connectivity index (χ2n) is 5.59. The van der Waals surface area contributed by atoms with Gasteiger partial charge in [-0.05, 0) is 56.0 Å². The zero-order chi connectivity index (χ0) is 16.1. The second kappa shape index (κ2) is 7.12. The van der Waals surface area contributed by atoms with Gasteiger partial charge in [-0.1, -0.05) is 37.3 Å². The highest BCUT2D eigenvalue weighted by Crippen LogP contribution is 2.21. The molecule has 0 aliphatic heterocycles. The molecule has 0 unspecified atom stereocenters. The quantitative estimate of drug-likeness (QED) is 0.888. The number of hydrogen-bond donors (Lipinski definition) is 1. The molecular weight excluding hydrogens is 274 g/mol. The molecular formula is C19H23NO2. The van der Waals surface area contributed by atoms with Crippen LogP contribution in [0.4, 0.5) is 5.69 Å². The van der Waals surface area contributed by atoms with Crippen molar-refractivity contribution in [2.45, 2.75) is 40.2 Å². The predicted molar refractivity (Wildman–Crippen MR) is 90.4 cm³/mol. The third kappa shape index (κ3) is 3.88. The molecule has 3 heteroatoms. The van der Waals surface area contributed by atoms with Crippen molar-refractivity contribution in [2.24, 2.45) is 0 Å². The van der Waals surface area contributed by atoms with Gasteiger partial charge >= 0.3 is 0 Å². The van der Waals surface area contributed by atoms with Crippen LogP contribution in [0.3, 0.4) is 0 Å². The number of rotatable bonds is 5. The van der Waals surface area contributed by atoms with Gasteiger partial charge in [-0.2, -0.15) is 0 Å². The molecule has 22 heavy (non-hydrogen) atoms. The van der Waals surface area contributed by atoms with Gasteiger partial charge in [0.05, 0.1) is 0 Å². The van der Waals surface area contributed by atoms with Crippen molar-refractivity contribution >= 4 is 11.6 Å². The molecule has 0 heterocycles. The Morgan fingerprint density at radius 2 is 1.73 bits per heavy atom. The third-order valence-corrected chi connectivity index (χ3v) is 3.66. The Hall–Kier alpha value is -2.29. The molecule has 0 radical (unpaired) electrons. The maximum atomic E-state index is 12.5. The fourth-order valence-electron chi connectivity index (χ4n) is 2.39. The number of para-hydroxylation sites is 1. The number of carbonyl (C=O) groups is 1. The Balaban J connectivity index is 2.12. The first-order chi connectivity index (χ1) is 10.5. The zero-order valence-electron chi connectivity index (χ0n) is 13.6. The minimum Gasteiger partial charge on any atom is -0.481 e. The van der Waals surface area contributed by atoms with E-state index < -0.39 is 6.10 Å². The monoisotopic (exact) mass is 297 g/mol. The van der Waals surface area contributed by atoms with Gasteiger partial charge in [0, 0.05) is 5.69 Å². The first kappa shape index (κ1) is 16.1. The topological polar surface area (TPSA) is 38.3 Å². The lowest BCUT2D eigenvalue weighted by molar-refractivity contribution is -0.122. The van der Waals surface area contributed by atoms with E-state index in [2.05, 4.69) is 5.32 Å². The lowest BCUT2D eigenvalue weighted by Gasteiger charge is -2.19. The van der Waals surface area contributed by atoms with E-state index in [1.54, 1.807) is 0 Å². The molecule has 2 aromatic rings. The molecule has 2 rings (SSSR count). The van der Waals surface area contributed by atoms with E-state index in [1.165, 1.54) is 0 Å². The van der Waals surface area contributed by atoms with E-state index in [9.17, 15) is 4.79 Å². The lowest BCUT2D eigenvalue weighted by atomic mass is 10.1. The van der Waals surface area contributed by atoms with E-state index in [0.29, 0.717) is 6.42 Å². The maximum Gasteiger partial charge on any atom is 0.265 e. The molecule has 116 valence electrons. The van der Waals surface area contributed by atoms with Crippen LogP contribution in [0, 0.1) is 20.8 Å². The van der Waals surface area contributed by atoms with Crippen LogP contribution in [0.15, 0.2) is 42.5 Å². The molecule has 0 fully saturated rings. The number of carbonyl (C=O) groups excluding carboxylic acids is 1. The van der Waals surface area contributed by atoms with Gasteiger partial charge in [-0.3, -0.25) is 4.79 Å². The molecule has 1 N–H and O–H groups in total. The standard InChI is InChI=1S/C19H23NO2/c1-5-17(22-16-11-6-8-13(2)12-16)19(21)20-18-14(3)9-7-10-15(18)4/h6-12,17H,5H2,1-4H3,(H,20,21)/t17-/m1/s1. The van der Waals surface area contributed by atoms with E-state index in [1.807, 2.05) is 70.2 Å². The summed E-state index contributed by atoms with van der Waals surface area (Å²) in [6.07, 6.45) is 0.117. The second-order valence-corrected chi connectivity index (χ2v) is 5.59. The Labute approximate surface area is 132 Å². The van der Waals surface area contributed by atoms with Gasteiger partial charge in [0.15, 0.2) is 6.10 Å². The van der Waals surface area contributed by atoms with Crippen LogP contribution in [0.5, 0.6) is 5.75 Å². The van der Waals surface area contributed by atoms with Gasteiger partial charge in [0.2, 0.25) is 0 Å². The highest BCUT2D eigenvalue weighted by molar-refractivity contribution is 5.95. The van der Waals surface area contributed by atoms with Gasteiger partial charge in [0.1, 0.15) is 5.75 Å². The highest BCUT2D eigenvalue weighted by Gasteiger charge is 2.19. The molecule has 0 bridgehead atoms. The summed E-state index contributed by atoms with van der Waals surface area (Å²) < 4.78 is 5.85. The lowest BCUT2D eigenvalue weighted by Crippen LogP contribution is -2.32. The van der Waals surface area contributed by atoms with E-state index >= 15 is 0 Å². The number of aryl methyl sites for hydroxylation is 3. The van der Waals surface area contributed by atoms with E-state index in [0.717, 1.165) is 28.1 Å². The molecule has 0 saturated carbocycles. The van der Waals surface area contributed by atoms with Crippen LogP contribution in [0.25, 0.3) is 0 Å². The van der Waals surface area contributed by atoms with Crippen LogP contribution < -0.4 is 10.1 Å². The summed E-state index contributed by atoms with van der Waals surface area (Å²) in [6.45, 7) is 7.94. The molecule has 0 saturated heterocycles. The molecule has 0 aliphatic rings. The molecule has 3 nitrogen and oxygen atoms in total. The number of nitrogens with one attached hydrogen (secondary N) is 1. The normalized spacial score (nSPS) is 11.8. The van der Waals surface area contributed by atoms with Gasteiger partial charge in [-0.15, -0.1) is 0 Å². The average Bonchev–Trinajstić information content (AvgIpc) is 2.48. The van der Waals surface area contributed by atoms with Crippen molar-refractivity contribution < 1.29 is 9.53 Å². The summed E-state index contributed by atoms with van der Waals surface area (Å²) in [7, 11) is 0. The molecule has 2 aromatic carbocycles. The van der Waals surface area contributed by atoms with Crippen LogP contribution in [-0.2, 0) is 4.79 Å². The summed E-state index contributed by atoms with van der Waals surface area (Å²) in [5.74, 6) is 0.616. The zero-order valence-corrected chi connectivity index (χ0v) is 13.6. The van der Waals surface area contributed by atoms with Gasteiger partial charge in [0.25, 0.3) is 5.91 Å². The van der Waals surface area contributed by atoms with Gasteiger partial charge < -0.3 is 10.1 Å². The van der Waals surface area contributed by atoms with Crippen molar-refractivity contribution in [1.29, 1.82) is 0 Å². The van der Waals surface area contributed by atoms with Crippen molar-refractivity contribution in [3.63, 3.8) is 0 Å². The molecule has 0 aliphatic carbocycles. The SMILES string of the molecule is CC[C@@H](Oc1cccc(C)c1)C(=O)Nc1c(C)cccc1C. The van der Waals surface area contributed by atoms with Crippen molar-refractivity contribution in [2.75, 3.05) is 5.32 Å². The summed E-state index contributed by atoms with van der Waals surface area (Å²) >= 11 is 0. The molecule has 0 spiro atoms. The number of ether oxygens (including phenoxy) is 1. The van der Waals surface area contributed by atoms with Crippen LogP contribution in [-0.4, -0.2) is 12.0 Å². The number of hydrogen-bond acceptors (Lipinski definition) is 2. The Morgan fingerprint density at radius 3 is 2.32 bits per heavy atom. The fraction of sp³-hybridized carbons (Fsp3) is 0.316. The van der Waals surface area contributed by atoms with Gasteiger partial charge in [-0.25, -0.2) is 0 Å². The highest BCUT2D eigenvalue weighted by atomic mass is 16.5. The summed E-state index contributed by atoms with van der Waals surface area (Å²) in [6, 6.07) is 13.7. The predicted octanol–water partition coefficient (Wildman–Crippen LogP) is 4.41. The van der Waals surface area contributed by atoms with Crippen molar-refractivity contribution in [3.05, 3.63) is 59.2 Å². The fourth-order valence-corrected chi connectivity index (χ4v) is 2.39. The molecule has 0 aromatic heterocycles. The summed E-state index contributed by atoms with van der Waals surface area (Å²) in [5, 5.41) is 3.00. The van der Waals surface area contributed by atoms with Crippen molar-refractivity contribution in [3.8, 4) is 5.75 Å². The Bertz CT molecular complexity index is 644. The van der Waals surface area contributed by atoms with E-state index in [-0.39, 0.29) is 5.91 Å². The average molecular weight is 297 g/mol. The number of amides is 1. The minimum absolute atomic E-state index is 0.110. The van der Waals surface area contributed by atoms with Crippen LogP contribution >= 0.6 is 0 Å². The largest absolute Gasteiger partial charge is 0.481 e. The number of anilines is 1. The first-order valence-corrected chi connectivity index (χ1v) is 7.61. The van der Waals surface area contributed by atoms with E-state index in [4.69, 9.17) is 4.74 Å². The smallest absolute Gasteiger partial charge is 0.265 e. The molecule has 1 amide bonds. The minimum atomic E-state index is -0.499.